The van der Waals surface area contributed by atoms with Crippen molar-refractivity contribution in [1.82, 2.24) is 0 Å². The minimum atomic E-state index is -0.504. The van der Waals surface area contributed by atoms with Crippen molar-refractivity contribution in [1.29, 1.82) is 0 Å². The Morgan fingerprint density at radius 2 is 1.27 bits per heavy atom. The molecule has 4 nitrogen and oxygen atoms in total. The molecule has 0 saturated carbocycles. The van der Waals surface area contributed by atoms with Crippen molar-refractivity contribution in [2.24, 2.45) is 16.7 Å². The average Bonchev–Trinajstić information content (AvgIpc) is 2.48. The van der Waals surface area contributed by atoms with Crippen molar-refractivity contribution >= 4 is 0 Å². The first-order chi connectivity index (χ1) is 10.1. The first-order valence-corrected chi connectivity index (χ1v) is 8.70. The Morgan fingerprint density at radius 3 is 1.59 bits per heavy atom. The smallest absolute Gasteiger partial charge is 0.172 e. The fourth-order valence-corrected chi connectivity index (χ4v) is 3.54. The van der Waals surface area contributed by atoms with E-state index in [0.717, 1.165) is 12.8 Å². The van der Waals surface area contributed by atoms with E-state index in [1.807, 2.05) is 0 Å². The van der Waals surface area contributed by atoms with Crippen molar-refractivity contribution in [3.05, 3.63) is 0 Å². The first-order valence-electron chi connectivity index (χ1n) is 8.70. The summed E-state index contributed by atoms with van der Waals surface area (Å²) in [6, 6.07) is 0. The number of hydrogen-bond donors (Lipinski definition) is 0. The number of rotatable bonds is 3. The highest BCUT2D eigenvalue weighted by Crippen LogP contribution is 2.46. The second kappa shape index (κ2) is 6.04. The van der Waals surface area contributed by atoms with Crippen molar-refractivity contribution in [2.75, 3.05) is 26.4 Å². The Balaban J connectivity index is 2.04. The van der Waals surface area contributed by atoms with Crippen LogP contribution in [-0.4, -0.2) is 38.0 Å². The third-order valence-electron chi connectivity index (χ3n) is 5.45. The summed E-state index contributed by atoms with van der Waals surface area (Å²) < 4.78 is 24.9. The minimum absolute atomic E-state index is 0.0507. The zero-order valence-corrected chi connectivity index (χ0v) is 15.5. The molecule has 130 valence electrons. The molecule has 0 amide bonds. The van der Waals surface area contributed by atoms with Crippen LogP contribution in [0.4, 0.5) is 0 Å². The van der Waals surface area contributed by atoms with E-state index >= 15 is 0 Å². The molecule has 22 heavy (non-hydrogen) atoms. The normalized spacial score (nSPS) is 40.4. The van der Waals surface area contributed by atoms with Gasteiger partial charge in [-0.05, 0) is 12.8 Å². The third kappa shape index (κ3) is 2.95. The van der Waals surface area contributed by atoms with E-state index in [1.54, 1.807) is 0 Å². The van der Waals surface area contributed by atoms with Crippen molar-refractivity contribution in [2.45, 2.75) is 72.9 Å². The van der Waals surface area contributed by atoms with Crippen molar-refractivity contribution < 1.29 is 18.9 Å². The van der Waals surface area contributed by atoms with Crippen LogP contribution in [0.15, 0.2) is 0 Å². The summed E-state index contributed by atoms with van der Waals surface area (Å²) in [6.45, 7) is 17.6. The van der Waals surface area contributed by atoms with Gasteiger partial charge in [0, 0.05) is 11.3 Å². The van der Waals surface area contributed by atoms with Gasteiger partial charge in [0.05, 0.1) is 31.8 Å². The second-order valence-electron chi connectivity index (χ2n) is 8.33. The molecule has 0 aromatic rings. The Hall–Kier alpha value is -0.160. The molecular formula is C18H34O4. The summed E-state index contributed by atoms with van der Waals surface area (Å²) in [7, 11) is 0. The molecule has 2 heterocycles. The maximum atomic E-state index is 6.25. The monoisotopic (exact) mass is 314 g/mol. The summed E-state index contributed by atoms with van der Waals surface area (Å²) in [4.78, 5) is 0. The van der Waals surface area contributed by atoms with Crippen LogP contribution in [0.25, 0.3) is 0 Å². The SMILES string of the molecule is CCC1(C(C)C)OCC2(CO1)COC(CC)(C(C)(C)C)OC2. The lowest BCUT2D eigenvalue weighted by Crippen LogP contribution is -2.62. The molecule has 0 aromatic heterocycles. The van der Waals surface area contributed by atoms with Gasteiger partial charge in [-0.3, -0.25) is 0 Å². The van der Waals surface area contributed by atoms with Crippen LogP contribution in [0.2, 0.25) is 0 Å². The zero-order valence-electron chi connectivity index (χ0n) is 15.5. The predicted molar refractivity (Wildman–Crippen MR) is 86.6 cm³/mol. The van der Waals surface area contributed by atoms with Gasteiger partial charge in [0.25, 0.3) is 0 Å². The summed E-state index contributed by atoms with van der Waals surface area (Å²) in [6.07, 6.45) is 1.71. The molecular weight excluding hydrogens is 280 g/mol. The molecule has 0 atom stereocenters. The van der Waals surface area contributed by atoms with Crippen LogP contribution in [0, 0.1) is 16.7 Å². The van der Waals surface area contributed by atoms with E-state index in [-0.39, 0.29) is 10.8 Å². The van der Waals surface area contributed by atoms with E-state index in [4.69, 9.17) is 18.9 Å². The van der Waals surface area contributed by atoms with E-state index < -0.39 is 11.6 Å². The largest absolute Gasteiger partial charge is 0.349 e. The molecule has 1 spiro atoms. The van der Waals surface area contributed by atoms with Gasteiger partial charge in [-0.2, -0.15) is 0 Å². The van der Waals surface area contributed by atoms with E-state index in [2.05, 4.69) is 48.5 Å². The van der Waals surface area contributed by atoms with Crippen molar-refractivity contribution in [3.63, 3.8) is 0 Å². The maximum Gasteiger partial charge on any atom is 0.172 e. The molecule has 4 heteroatoms. The molecule has 0 bridgehead atoms. The van der Waals surface area contributed by atoms with Gasteiger partial charge in [0.1, 0.15) is 0 Å². The van der Waals surface area contributed by atoms with E-state index in [9.17, 15) is 0 Å². The average molecular weight is 314 g/mol. The number of ether oxygens (including phenoxy) is 4. The molecule has 2 fully saturated rings. The van der Waals surface area contributed by atoms with Gasteiger partial charge in [-0.1, -0.05) is 48.5 Å². The molecule has 2 aliphatic rings. The van der Waals surface area contributed by atoms with E-state index in [0.29, 0.717) is 32.3 Å². The fraction of sp³-hybridized carbons (Fsp3) is 1.00. The molecule has 0 radical (unpaired) electrons. The Kier molecular flexibility index (Phi) is 5.00. The molecule has 2 aliphatic heterocycles. The van der Waals surface area contributed by atoms with Crippen LogP contribution in [0.3, 0.4) is 0 Å². The zero-order chi connectivity index (χ0) is 16.6. The molecule has 0 aromatic carbocycles. The molecule has 2 rings (SSSR count). The number of hydrogen-bond acceptors (Lipinski definition) is 4. The van der Waals surface area contributed by atoms with Crippen LogP contribution >= 0.6 is 0 Å². The Morgan fingerprint density at radius 1 is 0.818 bits per heavy atom. The molecule has 2 saturated heterocycles. The van der Waals surface area contributed by atoms with Gasteiger partial charge in [0.2, 0.25) is 0 Å². The van der Waals surface area contributed by atoms with Gasteiger partial charge >= 0.3 is 0 Å². The quantitative estimate of drug-likeness (QED) is 0.789. The highest BCUT2D eigenvalue weighted by Gasteiger charge is 2.53. The summed E-state index contributed by atoms with van der Waals surface area (Å²) >= 11 is 0. The first kappa shape index (κ1) is 18.2. The highest BCUT2D eigenvalue weighted by atomic mass is 16.7. The Bertz CT molecular complexity index is 365. The summed E-state index contributed by atoms with van der Waals surface area (Å²) in [5.74, 6) is -0.617. The summed E-state index contributed by atoms with van der Waals surface area (Å²) in [5, 5.41) is 0. The fourth-order valence-electron chi connectivity index (χ4n) is 3.54. The standard InChI is InChI=1S/C18H34O4/c1-8-17(14(3)4)19-10-16(11-20-17)12-21-18(9-2,22-13-16)15(5,6)7/h14H,8-13H2,1-7H3. The summed E-state index contributed by atoms with van der Waals surface area (Å²) in [5.41, 5.74) is -0.220. The minimum Gasteiger partial charge on any atom is -0.349 e. The topological polar surface area (TPSA) is 36.9 Å². The Labute approximate surface area is 135 Å². The van der Waals surface area contributed by atoms with Crippen LogP contribution < -0.4 is 0 Å². The lowest BCUT2D eigenvalue weighted by Gasteiger charge is -2.54. The van der Waals surface area contributed by atoms with Crippen molar-refractivity contribution in [3.8, 4) is 0 Å². The molecule has 0 unspecified atom stereocenters. The van der Waals surface area contributed by atoms with Crippen LogP contribution in [0.5, 0.6) is 0 Å². The lowest BCUT2D eigenvalue weighted by atomic mass is 9.80. The second-order valence-corrected chi connectivity index (χ2v) is 8.33. The predicted octanol–water partition coefficient (Wildman–Crippen LogP) is 3.98. The van der Waals surface area contributed by atoms with Gasteiger partial charge in [-0.25, -0.2) is 0 Å². The van der Waals surface area contributed by atoms with Gasteiger partial charge in [0.15, 0.2) is 11.6 Å². The van der Waals surface area contributed by atoms with Crippen LogP contribution in [-0.2, 0) is 18.9 Å². The molecule has 0 N–H and O–H groups in total. The lowest BCUT2D eigenvalue weighted by molar-refractivity contribution is -0.393. The van der Waals surface area contributed by atoms with E-state index in [1.165, 1.54) is 0 Å². The van der Waals surface area contributed by atoms with Gasteiger partial charge in [-0.15, -0.1) is 0 Å². The molecule has 0 aliphatic carbocycles. The van der Waals surface area contributed by atoms with Crippen LogP contribution in [0.1, 0.15) is 61.3 Å². The third-order valence-corrected chi connectivity index (χ3v) is 5.45. The highest BCUT2D eigenvalue weighted by molar-refractivity contribution is 4.94. The maximum absolute atomic E-state index is 6.25. The van der Waals surface area contributed by atoms with Gasteiger partial charge < -0.3 is 18.9 Å².